The molecule has 0 atom stereocenters. The van der Waals surface area contributed by atoms with Crippen LogP contribution in [-0.2, 0) is 50.1 Å². The summed E-state index contributed by atoms with van der Waals surface area (Å²) in [7, 11) is 8.27. The molecule has 10 nitrogen and oxygen atoms in total. The molecule has 2 heterocycles. The molecular formula is C23H34N4O6. The molecule has 0 aliphatic carbocycles. The molecule has 10 heteroatoms. The molecule has 0 aromatic carbocycles. The van der Waals surface area contributed by atoms with Crippen LogP contribution in [0.4, 0.5) is 0 Å². The Bertz CT molecular complexity index is 864. The molecule has 2 aromatic rings. The number of rotatable bonds is 12. The third kappa shape index (κ3) is 12.6. The van der Waals surface area contributed by atoms with E-state index in [-0.39, 0.29) is 19.1 Å². The van der Waals surface area contributed by atoms with Crippen LogP contribution in [0.2, 0.25) is 0 Å². The maximum absolute atomic E-state index is 11.1. The molecule has 2 aromatic heterocycles. The van der Waals surface area contributed by atoms with Gasteiger partial charge in [0.2, 0.25) is 0 Å². The molecule has 0 saturated carbocycles. The van der Waals surface area contributed by atoms with Crippen molar-refractivity contribution in [2.45, 2.75) is 26.3 Å². The van der Waals surface area contributed by atoms with Crippen LogP contribution in [0.1, 0.15) is 22.5 Å². The lowest BCUT2D eigenvalue weighted by atomic mass is 10.2. The molecule has 0 amide bonds. The van der Waals surface area contributed by atoms with E-state index in [2.05, 4.69) is 14.7 Å². The minimum atomic E-state index is -0.837. The topological polar surface area (TPSA) is 114 Å². The van der Waals surface area contributed by atoms with Crippen molar-refractivity contribution in [3.8, 4) is 0 Å². The van der Waals surface area contributed by atoms with Crippen LogP contribution in [0.25, 0.3) is 0 Å². The van der Waals surface area contributed by atoms with Gasteiger partial charge in [0.1, 0.15) is 0 Å². The summed E-state index contributed by atoms with van der Waals surface area (Å²) in [4.78, 5) is 33.5. The second kappa shape index (κ2) is 15.8. The number of nitrogens with zero attached hydrogens (tertiary/aromatic N) is 4. The molecule has 0 radical (unpaired) electrons. The minimum absolute atomic E-state index is 0.0101. The normalized spacial score (nSPS) is 10.6. The lowest BCUT2D eigenvalue weighted by molar-refractivity contribution is -0.141. The van der Waals surface area contributed by atoms with Crippen molar-refractivity contribution in [2.75, 3.05) is 48.5 Å². The lowest BCUT2D eigenvalue weighted by Crippen LogP contribution is -2.26. The Morgan fingerprint density at radius 2 is 1.30 bits per heavy atom. The zero-order chi connectivity index (χ0) is 24.6. The summed E-state index contributed by atoms with van der Waals surface area (Å²) in [5, 5.41) is 8.62. The smallest absolute Gasteiger partial charge is 0.319 e. The van der Waals surface area contributed by atoms with Crippen LogP contribution >= 0.6 is 0 Å². The van der Waals surface area contributed by atoms with E-state index in [1.807, 2.05) is 36.2 Å². The fourth-order valence-electron chi connectivity index (χ4n) is 2.92. The van der Waals surface area contributed by atoms with Crippen molar-refractivity contribution in [1.82, 2.24) is 19.8 Å². The van der Waals surface area contributed by atoms with Crippen molar-refractivity contribution in [3.63, 3.8) is 0 Å². The Balaban J connectivity index is 0.000000331. The fraction of sp³-hybridized carbons (Fsp3) is 0.478. The number of ether oxygens (including phenoxy) is 3. The summed E-state index contributed by atoms with van der Waals surface area (Å²) in [5.74, 6) is -1.09. The van der Waals surface area contributed by atoms with Crippen molar-refractivity contribution in [2.24, 2.45) is 0 Å². The predicted molar refractivity (Wildman–Crippen MR) is 122 cm³/mol. The summed E-state index contributed by atoms with van der Waals surface area (Å²) in [5.41, 5.74) is 3.87. The number of carboxylic acids is 1. The van der Waals surface area contributed by atoms with Gasteiger partial charge in [-0.3, -0.25) is 29.4 Å². The van der Waals surface area contributed by atoms with Gasteiger partial charge in [0.15, 0.2) is 0 Å². The van der Waals surface area contributed by atoms with Gasteiger partial charge in [0.05, 0.1) is 44.8 Å². The number of esters is 1. The number of pyridine rings is 2. The number of aromatic nitrogens is 2. The van der Waals surface area contributed by atoms with Gasteiger partial charge in [-0.2, -0.15) is 0 Å². The largest absolute Gasteiger partial charge is 0.480 e. The van der Waals surface area contributed by atoms with Crippen molar-refractivity contribution in [3.05, 3.63) is 59.2 Å². The zero-order valence-electron chi connectivity index (χ0n) is 20.0. The number of carbonyl (C=O) groups excluding carboxylic acids is 1. The summed E-state index contributed by atoms with van der Waals surface area (Å²) in [6, 6.07) is 7.68. The Hall–Kier alpha value is -2.92. The standard InChI is InChI=1S/C12H18N2O3.C11H16N2O3/c1-14(8-12(15)17-3)7-11-6-10(9-16-2)4-5-13-11;1-13(7-11(14)15)6-10-5-9(8-16-2)3-4-12-10/h4-6H,7-9H2,1-3H3;3-5H,6-8H2,1-2H3,(H,14,15). The van der Waals surface area contributed by atoms with Gasteiger partial charge < -0.3 is 19.3 Å². The van der Waals surface area contributed by atoms with Crippen LogP contribution in [0.5, 0.6) is 0 Å². The van der Waals surface area contributed by atoms with E-state index in [9.17, 15) is 9.59 Å². The second-order valence-electron chi connectivity index (χ2n) is 7.49. The van der Waals surface area contributed by atoms with Gasteiger partial charge >= 0.3 is 11.9 Å². The number of carbonyl (C=O) groups is 2. The highest BCUT2D eigenvalue weighted by atomic mass is 16.5. The first-order chi connectivity index (χ1) is 15.8. The van der Waals surface area contributed by atoms with Gasteiger partial charge in [0.25, 0.3) is 0 Å². The van der Waals surface area contributed by atoms with E-state index < -0.39 is 5.97 Å². The highest BCUT2D eigenvalue weighted by molar-refractivity contribution is 5.71. The number of likely N-dealkylation sites (N-methyl/N-ethyl adjacent to an activating group) is 2. The van der Waals surface area contributed by atoms with Gasteiger partial charge in [-0.25, -0.2) is 0 Å². The summed E-state index contributed by atoms with van der Waals surface area (Å²) >= 11 is 0. The van der Waals surface area contributed by atoms with Crippen LogP contribution in [0, 0.1) is 0 Å². The zero-order valence-corrected chi connectivity index (χ0v) is 20.0. The minimum Gasteiger partial charge on any atom is -0.480 e. The maximum Gasteiger partial charge on any atom is 0.319 e. The van der Waals surface area contributed by atoms with E-state index >= 15 is 0 Å². The quantitative estimate of drug-likeness (QED) is 0.466. The van der Waals surface area contributed by atoms with Gasteiger partial charge in [-0.1, -0.05) is 0 Å². The van der Waals surface area contributed by atoms with Crippen LogP contribution < -0.4 is 0 Å². The number of methoxy groups -OCH3 is 3. The van der Waals surface area contributed by atoms with Gasteiger partial charge in [-0.05, 0) is 49.5 Å². The third-order valence-electron chi connectivity index (χ3n) is 4.28. The molecule has 0 spiro atoms. The number of aliphatic carboxylic acids is 1. The van der Waals surface area contributed by atoms with E-state index in [4.69, 9.17) is 14.6 Å². The van der Waals surface area contributed by atoms with Crippen molar-refractivity contribution in [1.29, 1.82) is 0 Å². The SMILES string of the molecule is COCc1ccnc(CN(C)CC(=O)O)c1.COCc1ccnc(CN(C)CC(=O)OC)c1. The average Bonchev–Trinajstić information content (AvgIpc) is 2.74. The fourth-order valence-corrected chi connectivity index (χ4v) is 2.92. The Morgan fingerprint density at radius 3 is 1.70 bits per heavy atom. The molecule has 0 unspecified atom stereocenters. The number of hydrogen-bond acceptors (Lipinski definition) is 9. The van der Waals surface area contributed by atoms with Crippen molar-refractivity contribution >= 4 is 11.9 Å². The van der Waals surface area contributed by atoms with E-state index in [1.54, 1.807) is 38.6 Å². The molecular weight excluding hydrogens is 428 g/mol. The van der Waals surface area contributed by atoms with Crippen LogP contribution in [0.3, 0.4) is 0 Å². The lowest BCUT2D eigenvalue weighted by Gasteiger charge is -2.14. The van der Waals surface area contributed by atoms with E-state index in [0.717, 1.165) is 22.5 Å². The maximum atomic E-state index is 11.1. The summed E-state index contributed by atoms with van der Waals surface area (Å²) < 4.78 is 14.7. The van der Waals surface area contributed by atoms with Crippen LogP contribution in [-0.4, -0.2) is 85.3 Å². The van der Waals surface area contributed by atoms with Gasteiger partial charge in [-0.15, -0.1) is 0 Å². The van der Waals surface area contributed by atoms with Crippen LogP contribution in [0.15, 0.2) is 36.7 Å². The molecule has 182 valence electrons. The molecule has 0 aliphatic heterocycles. The van der Waals surface area contributed by atoms with Crippen molar-refractivity contribution < 1.29 is 28.9 Å². The molecule has 0 fully saturated rings. The Morgan fingerprint density at radius 1 is 0.848 bits per heavy atom. The predicted octanol–water partition coefficient (Wildman–Crippen LogP) is 1.58. The summed E-state index contributed by atoms with van der Waals surface area (Å²) in [6.45, 7) is 2.49. The highest BCUT2D eigenvalue weighted by Gasteiger charge is 2.08. The van der Waals surface area contributed by atoms with E-state index in [0.29, 0.717) is 26.3 Å². The first-order valence-electron chi connectivity index (χ1n) is 10.3. The number of hydrogen-bond donors (Lipinski definition) is 1. The highest BCUT2D eigenvalue weighted by Crippen LogP contribution is 2.06. The molecule has 0 bridgehead atoms. The van der Waals surface area contributed by atoms with E-state index in [1.165, 1.54) is 7.11 Å². The molecule has 0 saturated heterocycles. The number of carboxylic acid groups (broad SMARTS) is 1. The Labute approximate surface area is 195 Å². The third-order valence-corrected chi connectivity index (χ3v) is 4.28. The Kier molecular flexibility index (Phi) is 13.5. The first-order valence-corrected chi connectivity index (χ1v) is 10.3. The monoisotopic (exact) mass is 462 g/mol. The van der Waals surface area contributed by atoms with Gasteiger partial charge in [0, 0.05) is 39.7 Å². The average molecular weight is 463 g/mol. The second-order valence-corrected chi connectivity index (χ2v) is 7.49. The first kappa shape index (κ1) is 28.1. The summed E-state index contributed by atoms with van der Waals surface area (Å²) in [6.07, 6.45) is 3.45. The molecule has 0 aliphatic rings. The molecule has 33 heavy (non-hydrogen) atoms. The molecule has 1 N–H and O–H groups in total. The molecule has 2 rings (SSSR count).